The Balaban J connectivity index is 1.98. The predicted octanol–water partition coefficient (Wildman–Crippen LogP) is 3.66. The maximum absolute atomic E-state index is 12.3. The van der Waals surface area contributed by atoms with E-state index in [9.17, 15) is 4.79 Å². The van der Waals surface area contributed by atoms with E-state index in [0.717, 1.165) is 35.0 Å². The van der Waals surface area contributed by atoms with Crippen LogP contribution >= 0.6 is 27.3 Å². The highest BCUT2D eigenvalue weighted by atomic mass is 79.9. The van der Waals surface area contributed by atoms with Gasteiger partial charge < -0.3 is 4.90 Å². The van der Waals surface area contributed by atoms with Gasteiger partial charge in [0.05, 0.1) is 10.9 Å². The number of thiophene rings is 1. The molecule has 0 aromatic carbocycles. The quantitative estimate of drug-likeness (QED) is 0.832. The zero-order valence-electron chi connectivity index (χ0n) is 10.2. The standard InChI is InChI=1S/C13H15BrN2OS/c1-16(11-4-2-9(7-15)3-5-11)13(17)12-6-10(14)8-18-12/h6,8-9,11H,2-5H2,1H3. The molecule has 1 aliphatic rings. The summed E-state index contributed by atoms with van der Waals surface area (Å²) in [6.45, 7) is 0. The molecule has 1 aromatic rings. The van der Waals surface area contributed by atoms with E-state index in [4.69, 9.17) is 5.26 Å². The zero-order valence-corrected chi connectivity index (χ0v) is 12.6. The predicted molar refractivity (Wildman–Crippen MR) is 75.5 cm³/mol. The van der Waals surface area contributed by atoms with Crippen LogP contribution in [0.5, 0.6) is 0 Å². The van der Waals surface area contributed by atoms with Gasteiger partial charge in [-0.05, 0) is 47.7 Å². The molecule has 96 valence electrons. The van der Waals surface area contributed by atoms with Crippen LogP contribution in [0.15, 0.2) is 15.9 Å². The molecule has 0 unspecified atom stereocenters. The van der Waals surface area contributed by atoms with Gasteiger partial charge in [-0.1, -0.05) is 0 Å². The van der Waals surface area contributed by atoms with Crippen molar-refractivity contribution in [1.82, 2.24) is 4.90 Å². The van der Waals surface area contributed by atoms with Crippen molar-refractivity contribution in [3.63, 3.8) is 0 Å². The van der Waals surface area contributed by atoms with Gasteiger partial charge in [-0.2, -0.15) is 5.26 Å². The lowest BCUT2D eigenvalue weighted by Gasteiger charge is -2.32. The molecule has 1 aromatic heterocycles. The van der Waals surface area contributed by atoms with Gasteiger partial charge >= 0.3 is 0 Å². The summed E-state index contributed by atoms with van der Waals surface area (Å²) in [5, 5.41) is 10.8. The van der Waals surface area contributed by atoms with Crippen molar-refractivity contribution in [1.29, 1.82) is 5.26 Å². The lowest BCUT2D eigenvalue weighted by molar-refractivity contribution is 0.0691. The summed E-state index contributed by atoms with van der Waals surface area (Å²) in [6.07, 6.45) is 3.69. The molecule has 0 bridgehead atoms. The van der Waals surface area contributed by atoms with Gasteiger partial charge in [0.15, 0.2) is 0 Å². The van der Waals surface area contributed by atoms with E-state index in [0.29, 0.717) is 0 Å². The Morgan fingerprint density at radius 1 is 1.50 bits per heavy atom. The van der Waals surface area contributed by atoms with Crippen LogP contribution in [-0.4, -0.2) is 23.9 Å². The first-order chi connectivity index (χ1) is 8.61. The number of halogens is 1. The van der Waals surface area contributed by atoms with Crippen molar-refractivity contribution in [2.24, 2.45) is 5.92 Å². The third kappa shape index (κ3) is 2.93. The highest BCUT2D eigenvalue weighted by Gasteiger charge is 2.27. The molecule has 18 heavy (non-hydrogen) atoms. The Hall–Kier alpha value is -0.860. The van der Waals surface area contributed by atoms with Crippen LogP contribution in [0.1, 0.15) is 35.4 Å². The highest BCUT2D eigenvalue weighted by Crippen LogP contribution is 2.28. The fourth-order valence-corrected chi connectivity index (χ4v) is 3.77. The van der Waals surface area contributed by atoms with Gasteiger partial charge in [0, 0.05) is 28.9 Å². The first kappa shape index (κ1) is 13.6. The van der Waals surface area contributed by atoms with Crippen LogP contribution in [0.3, 0.4) is 0 Å². The number of hydrogen-bond acceptors (Lipinski definition) is 3. The van der Waals surface area contributed by atoms with E-state index < -0.39 is 0 Å². The number of amides is 1. The fourth-order valence-electron chi connectivity index (χ4n) is 2.36. The summed E-state index contributed by atoms with van der Waals surface area (Å²) >= 11 is 4.83. The molecule has 0 N–H and O–H groups in total. The van der Waals surface area contributed by atoms with Gasteiger partial charge in [-0.3, -0.25) is 4.79 Å². The summed E-state index contributed by atoms with van der Waals surface area (Å²) in [7, 11) is 1.87. The molecule has 1 aliphatic carbocycles. The summed E-state index contributed by atoms with van der Waals surface area (Å²) in [5.41, 5.74) is 0. The minimum Gasteiger partial charge on any atom is -0.338 e. The minimum atomic E-state index is 0.0890. The molecule has 2 rings (SSSR count). The number of carbonyl (C=O) groups is 1. The van der Waals surface area contributed by atoms with E-state index in [1.54, 1.807) is 0 Å². The molecule has 1 heterocycles. The summed E-state index contributed by atoms with van der Waals surface area (Å²) in [4.78, 5) is 14.9. The van der Waals surface area contributed by atoms with Crippen LogP contribution < -0.4 is 0 Å². The third-order valence-electron chi connectivity index (χ3n) is 3.53. The van der Waals surface area contributed by atoms with Gasteiger partial charge in [-0.25, -0.2) is 0 Å². The van der Waals surface area contributed by atoms with Gasteiger partial charge in [0.2, 0.25) is 0 Å². The average molecular weight is 327 g/mol. The molecule has 0 saturated heterocycles. The lowest BCUT2D eigenvalue weighted by atomic mass is 9.86. The van der Waals surface area contributed by atoms with E-state index in [2.05, 4.69) is 22.0 Å². The number of carbonyl (C=O) groups excluding carboxylic acids is 1. The van der Waals surface area contributed by atoms with Crippen molar-refractivity contribution < 1.29 is 4.79 Å². The molecule has 5 heteroatoms. The van der Waals surface area contributed by atoms with Crippen molar-refractivity contribution >= 4 is 33.2 Å². The van der Waals surface area contributed by atoms with Crippen molar-refractivity contribution in [2.75, 3.05) is 7.05 Å². The van der Waals surface area contributed by atoms with Crippen molar-refractivity contribution in [3.05, 3.63) is 20.8 Å². The van der Waals surface area contributed by atoms with Crippen molar-refractivity contribution in [3.8, 4) is 6.07 Å². The molecular formula is C13H15BrN2OS. The Morgan fingerprint density at radius 3 is 2.67 bits per heavy atom. The SMILES string of the molecule is CN(C(=O)c1cc(Br)cs1)C1CCC(C#N)CC1. The van der Waals surface area contributed by atoms with Crippen LogP contribution in [0.25, 0.3) is 0 Å². The monoisotopic (exact) mass is 326 g/mol. The summed E-state index contributed by atoms with van der Waals surface area (Å²) in [6, 6.07) is 4.47. The number of hydrogen-bond donors (Lipinski definition) is 0. The molecular weight excluding hydrogens is 312 g/mol. The number of rotatable bonds is 2. The summed E-state index contributed by atoms with van der Waals surface area (Å²) < 4.78 is 0.956. The van der Waals surface area contributed by atoms with Crippen LogP contribution in [0, 0.1) is 17.2 Å². The van der Waals surface area contributed by atoms with E-state index in [1.165, 1.54) is 11.3 Å². The molecule has 3 nitrogen and oxygen atoms in total. The Morgan fingerprint density at radius 2 is 2.17 bits per heavy atom. The molecule has 0 aliphatic heterocycles. The highest BCUT2D eigenvalue weighted by molar-refractivity contribution is 9.10. The van der Waals surface area contributed by atoms with Crippen LogP contribution in [0.2, 0.25) is 0 Å². The Labute approximate surface area is 120 Å². The molecule has 1 saturated carbocycles. The zero-order chi connectivity index (χ0) is 13.1. The maximum Gasteiger partial charge on any atom is 0.263 e. The smallest absolute Gasteiger partial charge is 0.263 e. The molecule has 0 spiro atoms. The Bertz CT molecular complexity index is 472. The summed E-state index contributed by atoms with van der Waals surface area (Å²) in [5.74, 6) is 0.270. The average Bonchev–Trinajstić information content (AvgIpc) is 2.84. The second kappa shape index (κ2) is 5.85. The molecule has 0 atom stereocenters. The largest absolute Gasteiger partial charge is 0.338 e. The molecule has 1 fully saturated rings. The third-order valence-corrected chi connectivity index (χ3v) is 5.20. The van der Waals surface area contributed by atoms with Crippen LogP contribution in [-0.2, 0) is 0 Å². The lowest BCUT2D eigenvalue weighted by Crippen LogP contribution is -2.39. The minimum absolute atomic E-state index is 0.0890. The van der Waals surface area contributed by atoms with E-state index >= 15 is 0 Å². The van der Waals surface area contributed by atoms with Gasteiger partial charge in [-0.15, -0.1) is 11.3 Å². The first-order valence-corrected chi connectivity index (χ1v) is 7.70. The van der Waals surface area contributed by atoms with Crippen LogP contribution in [0.4, 0.5) is 0 Å². The first-order valence-electron chi connectivity index (χ1n) is 6.02. The normalized spacial score (nSPS) is 23.4. The van der Waals surface area contributed by atoms with Gasteiger partial charge in [0.25, 0.3) is 5.91 Å². The molecule has 1 amide bonds. The van der Waals surface area contributed by atoms with E-state index in [1.807, 2.05) is 23.4 Å². The number of nitrogens with zero attached hydrogens (tertiary/aromatic N) is 2. The second-order valence-corrected chi connectivity index (χ2v) is 6.51. The molecule has 0 radical (unpaired) electrons. The fraction of sp³-hybridized carbons (Fsp3) is 0.538. The Kier molecular flexibility index (Phi) is 4.41. The van der Waals surface area contributed by atoms with Gasteiger partial charge in [0.1, 0.15) is 0 Å². The topological polar surface area (TPSA) is 44.1 Å². The second-order valence-electron chi connectivity index (χ2n) is 4.68. The maximum atomic E-state index is 12.3. The van der Waals surface area contributed by atoms with E-state index in [-0.39, 0.29) is 17.9 Å². The number of nitriles is 1. The van der Waals surface area contributed by atoms with Crippen molar-refractivity contribution in [2.45, 2.75) is 31.7 Å².